The highest BCUT2D eigenvalue weighted by atomic mass is 32.2. The van der Waals surface area contributed by atoms with Gasteiger partial charge in [-0.25, -0.2) is 4.79 Å². The SMILES string of the molecule is O=C(OC1CS[C@H]2CC(=O)N2C1)c1ccccc1. The Morgan fingerprint density at radius 2 is 2.11 bits per heavy atom. The van der Waals surface area contributed by atoms with Crippen molar-refractivity contribution in [1.29, 1.82) is 0 Å². The highest BCUT2D eigenvalue weighted by molar-refractivity contribution is 8.00. The second kappa shape index (κ2) is 4.65. The Labute approximate surface area is 109 Å². The molecule has 94 valence electrons. The summed E-state index contributed by atoms with van der Waals surface area (Å²) < 4.78 is 5.42. The topological polar surface area (TPSA) is 46.6 Å². The van der Waals surface area contributed by atoms with Crippen LogP contribution in [-0.2, 0) is 9.53 Å². The van der Waals surface area contributed by atoms with E-state index in [2.05, 4.69) is 0 Å². The van der Waals surface area contributed by atoms with Crippen molar-refractivity contribution in [2.75, 3.05) is 12.3 Å². The molecule has 3 rings (SSSR count). The molecule has 2 fully saturated rings. The van der Waals surface area contributed by atoms with Crippen molar-refractivity contribution in [3.05, 3.63) is 35.9 Å². The second-order valence-corrected chi connectivity index (χ2v) is 5.64. The molecule has 1 amide bonds. The molecule has 0 bridgehead atoms. The first-order valence-corrected chi connectivity index (χ1v) is 6.96. The summed E-state index contributed by atoms with van der Waals surface area (Å²) in [6.45, 7) is 0.537. The summed E-state index contributed by atoms with van der Waals surface area (Å²) in [4.78, 5) is 25.0. The summed E-state index contributed by atoms with van der Waals surface area (Å²) in [5, 5.41) is 0.309. The molecule has 18 heavy (non-hydrogen) atoms. The summed E-state index contributed by atoms with van der Waals surface area (Å²) in [6, 6.07) is 8.94. The van der Waals surface area contributed by atoms with E-state index in [0.717, 1.165) is 5.75 Å². The fourth-order valence-corrected chi connectivity index (χ4v) is 3.40. The number of ether oxygens (including phenoxy) is 1. The van der Waals surface area contributed by atoms with Crippen LogP contribution in [0.5, 0.6) is 0 Å². The molecule has 2 heterocycles. The number of β-lactam (4-membered cyclic amide) rings is 1. The monoisotopic (exact) mass is 263 g/mol. The van der Waals surface area contributed by atoms with Gasteiger partial charge in [0.05, 0.1) is 23.9 Å². The number of benzene rings is 1. The number of fused-ring (bicyclic) bond motifs is 1. The molecular formula is C13H13NO3S. The Bertz CT molecular complexity index is 476. The van der Waals surface area contributed by atoms with Gasteiger partial charge in [-0.15, -0.1) is 11.8 Å². The fraction of sp³-hybridized carbons (Fsp3) is 0.385. The van der Waals surface area contributed by atoms with Crippen LogP contribution in [0.25, 0.3) is 0 Å². The van der Waals surface area contributed by atoms with E-state index in [9.17, 15) is 9.59 Å². The lowest BCUT2D eigenvalue weighted by atomic mass is 10.1. The maximum Gasteiger partial charge on any atom is 0.338 e. The number of thioether (sulfide) groups is 1. The number of amides is 1. The smallest absolute Gasteiger partial charge is 0.338 e. The molecule has 0 saturated carbocycles. The first-order chi connectivity index (χ1) is 8.74. The van der Waals surface area contributed by atoms with Gasteiger partial charge in [0, 0.05) is 5.75 Å². The molecular weight excluding hydrogens is 250 g/mol. The van der Waals surface area contributed by atoms with E-state index < -0.39 is 0 Å². The van der Waals surface area contributed by atoms with Gasteiger partial charge in [0.1, 0.15) is 6.10 Å². The van der Waals surface area contributed by atoms with Crippen LogP contribution in [0.3, 0.4) is 0 Å². The number of hydrogen-bond acceptors (Lipinski definition) is 4. The Kier molecular flexibility index (Phi) is 2.99. The third-order valence-electron chi connectivity index (χ3n) is 3.18. The van der Waals surface area contributed by atoms with Gasteiger partial charge >= 0.3 is 5.97 Å². The van der Waals surface area contributed by atoms with Crippen LogP contribution in [0.4, 0.5) is 0 Å². The van der Waals surface area contributed by atoms with Crippen molar-refractivity contribution in [1.82, 2.24) is 4.90 Å². The summed E-state index contributed by atoms with van der Waals surface area (Å²) in [5.41, 5.74) is 0.555. The van der Waals surface area contributed by atoms with Gasteiger partial charge in [0.2, 0.25) is 5.91 Å². The molecule has 0 radical (unpaired) electrons. The van der Waals surface area contributed by atoms with Gasteiger partial charge in [-0.1, -0.05) is 18.2 Å². The van der Waals surface area contributed by atoms with Gasteiger partial charge in [-0.2, -0.15) is 0 Å². The number of carbonyl (C=O) groups is 2. The molecule has 1 unspecified atom stereocenters. The highest BCUT2D eigenvalue weighted by Gasteiger charge is 2.42. The van der Waals surface area contributed by atoms with Crippen LogP contribution in [0.15, 0.2) is 30.3 Å². The number of rotatable bonds is 2. The van der Waals surface area contributed by atoms with Gasteiger partial charge in [0.25, 0.3) is 0 Å². The average Bonchev–Trinajstić information content (AvgIpc) is 2.40. The van der Waals surface area contributed by atoms with Crippen LogP contribution >= 0.6 is 11.8 Å². The molecule has 2 atom stereocenters. The van der Waals surface area contributed by atoms with Gasteiger partial charge in [-0.05, 0) is 12.1 Å². The first kappa shape index (κ1) is 11.6. The van der Waals surface area contributed by atoms with E-state index >= 15 is 0 Å². The third kappa shape index (κ3) is 2.10. The number of nitrogens with zero attached hydrogens (tertiary/aromatic N) is 1. The van der Waals surface area contributed by atoms with Gasteiger partial charge in [-0.3, -0.25) is 4.79 Å². The summed E-state index contributed by atoms with van der Waals surface area (Å²) >= 11 is 1.69. The lowest BCUT2D eigenvalue weighted by Gasteiger charge is -2.45. The van der Waals surface area contributed by atoms with Crippen molar-refractivity contribution in [3.8, 4) is 0 Å². The maximum atomic E-state index is 11.9. The zero-order valence-electron chi connectivity index (χ0n) is 9.74. The Morgan fingerprint density at radius 3 is 2.83 bits per heavy atom. The molecule has 0 N–H and O–H groups in total. The zero-order valence-corrected chi connectivity index (χ0v) is 10.6. The average molecular weight is 263 g/mol. The molecule has 4 nitrogen and oxygen atoms in total. The predicted octanol–water partition coefficient (Wildman–Crippen LogP) is 1.52. The zero-order chi connectivity index (χ0) is 12.5. The molecule has 5 heteroatoms. The molecule has 0 aromatic heterocycles. The molecule has 2 aliphatic heterocycles. The molecule has 2 saturated heterocycles. The van der Waals surface area contributed by atoms with E-state index in [4.69, 9.17) is 4.74 Å². The summed E-state index contributed by atoms with van der Waals surface area (Å²) in [6.07, 6.45) is 0.438. The Morgan fingerprint density at radius 1 is 1.33 bits per heavy atom. The minimum Gasteiger partial charge on any atom is -0.456 e. The second-order valence-electron chi connectivity index (χ2n) is 4.43. The Balaban J connectivity index is 1.60. The van der Waals surface area contributed by atoms with Crippen LogP contribution in [-0.4, -0.2) is 40.6 Å². The molecule has 1 aromatic carbocycles. The van der Waals surface area contributed by atoms with Gasteiger partial charge < -0.3 is 9.64 Å². The molecule has 0 aliphatic carbocycles. The number of esters is 1. The third-order valence-corrected chi connectivity index (χ3v) is 4.55. The standard InChI is InChI=1S/C13H13NO3S/c15-11-6-12-14(11)7-10(8-18-12)17-13(16)9-4-2-1-3-5-9/h1-5,10,12H,6-8H2/t10?,12-/m0/s1. The Hall–Kier alpha value is -1.49. The van der Waals surface area contributed by atoms with Crippen molar-refractivity contribution < 1.29 is 14.3 Å². The lowest BCUT2D eigenvalue weighted by molar-refractivity contribution is -0.144. The van der Waals surface area contributed by atoms with E-state index in [1.165, 1.54) is 0 Å². The lowest BCUT2D eigenvalue weighted by Crippen LogP contribution is -2.57. The molecule has 0 spiro atoms. The molecule has 1 aromatic rings. The van der Waals surface area contributed by atoms with E-state index in [1.807, 2.05) is 6.07 Å². The summed E-state index contributed by atoms with van der Waals surface area (Å²) in [7, 11) is 0. The van der Waals surface area contributed by atoms with Crippen LogP contribution in [0.2, 0.25) is 0 Å². The number of hydrogen-bond donors (Lipinski definition) is 0. The predicted molar refractivity (Wildman–Crippen MR) is 68.2 cm³/mol. The number of carbonyl (C=O) groups excluding carboxylic acids is 2. The minimum absolute atomic E-state index is 0.160. The largest absolute Gasteiger partial charge is 0.456 e. The maximum absolute atomic E-state index is 11.9. The van der Waals surface area contributed by atoms with E-state index in [0.29, 0.717) is 23.9 Å². The van der Waals surface area contributed by atoms with E-state index in [1.54, 1.807) is 40.9 Å². The summed E-state index contributed by atoms with van der Waals surface area (Å²) in [5.74, 6) is 0.619. The van der Waals surface area contributed by atoms with Crippen molar-refractivity contribution >= 4 is 23.6 Å². The van der Waals surface area contributed by atoms with Crippen molar-refractivity contribution in [3.63, 3.8) is 0 Å². The quantitative estimate of drug-likeness (QED) is 0.599. The van der Waals surface area contributed by atoms with Crippen LogP contribution in [0.1, 0.15) is 16.8 Å². The van der Waals surface area contributed by atoms with Crippen molar-refractivity contribution in [2.24, 2.45) is 0 Å². The van der Waals surface area contributed by atoms with Crippen LogP contribution in [0, 0.1) is 0 Å². The highest BCUT2D eigenvalue weighted by Crippen LogP contribution is 2.34. The minimum atomic E-state index is -0.312. The molecule has 2 aliphatic rings. The van der Waals surface area contributed by atoms with Crippen LogP contribution < -0.4 is 0 Å². The normalized spacial score (nSPS) is 26.2. The van der Waals surface area contributed by atoms with Crippen molar-refractivity contribution in [2.45, 2.75) is 17.9 Å². The van der Waals surface area contributed by atoms with Gasteiger partial charge in [0.15, 0.2) is 0 Å². The van der Waals surface area contributed by atoms with E-state index in [-0.39, 0.29) is 18.0 Å². The fourth-order valence-electron chi connectivity index (χ4n) is 2.15. The first-order valence-electron chi connectivity index (χ1n) is 5.91.